The van der Waals surface area contributed by atoms with Gasteiger partial charge in [0, 0.05) is 24.5 Å². The van der Waals surface area contributed by atoms with E-state index in [1.165, 1.54) is 5.56 Å². The fourth-order valence-corrected chi connectivity index (χ4v) is 1.84. The number of nitrogens with two attached hydrogens (primary N) is 1. The molecule has 0 aliphatic rings. The number of aryl methyl sites for hydroxylation is 1. The fourth-order valence-electron chi connectivity index (χ4n) is 1.45. The summed E-state index contributed by atoms with van der Waals surface area (Å²) >= 11 is 11.0. The lowest BCUT2D eigenvalue weighted by Gasteiger charge is -2.17. The first kappa shape index (κ1) is 13.4. The molecule has 2 N–H and O–H groups in total. The van der Waals surface area contributed by atoms with Crippen molar-refractivity contribution < 1.29 is 0 Å². The standard InChI is InChI=1S/C12H17ClN2S/c1-9-3-4-10(11(13)7-9)8-15(2)6-5-12(14)16/h3-4,7H,5-6,8H2,1-2H3,(H2,14,16). The molecule has 0 amide bonds. The van der Waals surface area contributed by atoms with Gasteiger partial charge in [0.25, 0.3) is 0 Å². The minimum Gasteiger partial charge on any atom is -0.393 e. The highest BCUT2D eigenvalue weighted by Crippen LogP contribution is 2.18. The predicted octanol–water partition coefficient (Wildman–Crippen LogP) is 2.76. The smallest absolute Gasteiger partial charge is 0.0740 e. The summed E-state index contributed by atoms with van der Waals surface area (Å²) in [6.07, 6.45) is 0.745. The zero-order chi connectivity index (χ0) is 12.1. The van der Waals surface area contributed by atoms with Gasteiger partial charge in [-0.05, 0) is 31.2 Å². The van der Waals surface area contributed by atoms with Crippen molar-refractivity contribution in [1.82, 2.24) is 4.90 Å². The third-order valence-electron chi connectivity index (χ3n) is 2.39. The van der Waals surface area contributed by atoms with E-state index in [1.807, 2.05) is 20.0 Å². The molecule has 0 saturated heterocycles. The van der Waals surface area contributed by atoms with Crippen molar-refractivity contribution in [3.8, 4) is 0 Å². The molecule has 0 atom stereocenters. The summed E-state index contributed by atoms with van der Waals surface area (Å²) in [6.45, 7) is 3.72. The van der Waals surface area contributed by atoms with Crippen LogP contribution in [0, 0.1) is 6.92 Å². The molecule has 0 aliphatic carbocycles. The molecule has 1 aromatic rings. The van der Waals surface area contributed by atoms with Gasteiger partial charge in [0.05, 0.1) is 4.99 Å². The average Bonchev–Trinajstić information content (AvgIpc) is 2.19. The van der Waals surface area contributed by atoms with E-state index in [0.717, 1.165) is 30.1 Å². The van der Waals surface area contributed by atoms with Crippen LogP contribution in [0.15, 0.2) is 18.2 Å². The quantitative estimate of drug-likeness (QED) is 0.822. The molecular formula is C12H17ClN2S. The van der Waals surface area contributed by atoms with Gasteiger partial charge in [-0.2, -0.15) is 0 Å². The maximum Gasteiger partial charge on any atom is 0.0740 e. The van der Waals surface area contributed by atoms with Crippen molar-refractivity contribution in [2.45, 2.75) is 19.9 Å². The Hall–Kier alpha value is -0.640. The maximum absolute atomic E-state index is 6.16. The Labute approximate surface area is 107 Å². The molecule has 0 radical (unpaired) electrons. The molecule has 0 aliphatic heterocycles. The maximum atomic E-state index is 6.16. The van der Waals surface area contributed by atoms with Crippen molar-refractivity contribution >= 4 is 28.8 Å². The largest absolute Gasteiger partial charge is 0.393 e. The summed E-state index contributed by atoms with van der Waals surface area (Å²) in [6, 6.07) is 6.12. The summed E-state index contributed by atoms with van der Waals surface area (Å²) in [5.74, 6) is 0. The summed E-state index contributed by atoms with van der Waals surface area (Å²) in [5.41, 5.74) is 7.78. The molecule has 88 valence electrons. The SMILES string of the molecule is Cc1ccc(CN(C)CCC(N)=S)c(Cl)c1. The van der Waals surface area contributed by atoms with Crippen LogP contribution in [0.5, 0.6) is 0 Å². The van der Waals surface area contributed by atoms with Gasteiger partial charge in [0.15, 0.2) is 0 Å². The first-order valence-electron chi connectivity index (χ1n) is 5.21. The normalized spacial score (nSPS) is 10.8. The Bertz CT molecular complexity index is 379. The number of hydrogen-bond acceptors (Lipinski definition) is 2. The topological polar surface area (TPSA) is 29.3 Å². The van der Waals surface area contributed by atoms with Gasteiger partial charge < -0.3 is 10.6 Å². The van der Waals surface area contributed by atoms with Crippen molar-refractivity contribution in [3.63, 3.8) is 0 Å². The van der Waals surface area contributed by atoms with Crippen molar-refractivity contribution in [1.29, 1.82) is 0 Å². The zero-order valence-electron chi connectivity index (χ0n) is 9.66. The minimum absolute atomic E-state index is 0.557. The van der Waals surface area contributed by atoms with Gasteiger partial charge in [0.2, 0.25) is 0 Å². The van der Waals surface area contributed by atoms with E-state index in [2.05, 4.69) is 17.0 Å². The Morgan fingerprint density at radius 3 is 2.75 bits per heavy atom. The van der Waals surface area contributed by atoms with Crippen LogP contribution in [0.1, 0.15) is 17.5 Å². The van der Waals surface area contributed by atoms with Crippen LogP contribution in [0.2, 0.25) is 5.02 Å². The molecule has 0 saturated carbocycles. The van der Waals surface area contributed by atoms with E-state index < -0.39 is 0 Å². The Morgan fingerprint density at radius 1 is 1.50 bits per heavy atom. The number of thiocarbonyl (C=S) groups is 1. The number of halogens is 1. The third kappa shape index (κ3) is 4.47. The number of nitrogens with zero attached hydrogens (tertiary/aromatic N) is 1. The molecule has 0 unspecified atom stereocenters. The molecule has 4 heteroatoms. The molecular weight excluding hydrogens is 240 g/mol. The Kier molecular flexibility index (Phi) is 5.19. The first-order chi connectivity index (χ1) is 7.49. The van der Waals surface area contributed by atoms with Crippen LogP contribution in [0.3, 0.4) is 0 Å². The number of hydrogen-bond donors (Lipinski definition) is 1. The molecule has 0 fully saturated rings. The van der Waals surface area contributed by atoms with E-state index in [4.69, 9.17) is 29.6 Å². The molecule has 2 nitrogen and oxygen atoms in total. The van der Waals surface area contributed by atoms with Gasteiger partial charge in [-0.1, -0.05) is 36.0 Å². The van der Waals surface area contributed by atoms with Crippen LogP contribution in [-0.2, 0) is 6.54 Å². The van der Waals surface area contributed by atoms with E-state index in [-0.39, 0.29) is 0 Å². The molecule has 1 aromatic carbocycles. The van der Waals surface area contributed by atoms with Gasteiger partial charge in [0.1, 0.15) is 0 Å². The highest BCUT2D eigenvalue weighted by atomic mass is 35.5. The number of benzene rings is 1. The average molecular weight is 257 g/mol. The van der Waals surface area contributed by atoms with Crippen molar-refractivity contribution in [2.75, 3.05) is 13.6 Å². The second-order valence-electron chi connectivity index (χ2n) is 4.05. The highest BCUT2D eigenvalue weighted by molar-refractivity contribution is 7.80. The van der Waals surface area contributed by atoms with Gasteiger partial charge in [-0.15, -0.1) is 0 Å². The van der Waals surface area contributed by atoms with Crippen LogP contribution in [0.4, 0.5) is 0 Å². The van der Waals surface area contributed by atoms with E-state index in [0.29, 0.717) is 4.99 Å². The van der Waals surface area contributed by atoms with E-state index in [1.54, 1.807) is 0 Å². The zero-order valence-corrected chi connectivity index (χ0v) is 11.2. The Balaban J connectivity index is 2.55. The van der Waals surface area contributed by atoms with E-state index in [9.17, 15) is 0 Å². The summed E-state index contributed by atoms with van der Waals surface area (Å²) in [4.78, 5) is 2.72. The summed E-state index contributed by atoms with van der Waals surface area (Å²) < 4.78 is 0. The highest BCUT2D eigenvalue weighted by Gasteiger charge is 2.04. The second-order valence-corrected chi connectivity index (χ2v) is 4.98. The summed E-state index contributed by atoms with van der Waals surface area (Å²) in [5, 5.41) is 0.821. The third-order valence-corrected chi connectivity index (χ3v) is 2.94. The van der Waals surface area contributed by atoms with Crippen LogP contribution >= 0.6 is 23.8 Å². The molecule has 0 bridgehead atoms. The lowest BCUT2D eigenvalue weighted by Crippen LogP contribution is -2.23. The minimum atomic E-state index is 0.557. The van der Waals surface area contributed by atoms with E-state index >= 15 is 0 Å². The fraction of sp³-hybridized carbons (Fsp3) is 0.417. The van der Waals surface area contributed by atoms with Crippen LogP contribution in [0.25, 0.3) is 0 Å². The lowest BCUT2D eigenvalue weighted by atomic mass is 10.1. The summed E-state index contributed by atoms with van der Waals surface area (Å²) in [7, 11) is 2.04. The predicted molar refractivity (Wildman–Crippen MR) is 73.9 cm³/mol. The monoisotopic (exact) mass is 256 g/mol. The van der Waals surface area contributed by atoms with Crippen LogP contribution < -0.4 is 5.73 Å². The molecule has 0 aromatic heterocycles. The van der Waals surface area contributed by atoms with Crippen LogP contribution in [-0.4, -0.2) is 23.5 Å². The van der Waals surface area contributed by atoms with Gasteiger partial charge in [-0.3, -0.25) is 0 Å². The second kappa shape index (κ2) is 6.18. The first-order valence-corrected chi connectivity index (χ1v) is 5.99. The lowest BCUT2D eigenvalue weighted by molar-refractivity contribution is 0.337. The molecule has 1 rings (SSSR count). The molecule has 16 heavy (non-hydrogen) atoms. The molecule has 0 heterocycles. The number of rotatable bonds is 5. The Morgan fingerprint density at radius 2 is 2.19 bits per heavy atom. The van der Waals surface area contributed by atoms with Crippen molar-refractivity contribution in [2.24, 2.45) is 5.73 Å². The molecule has 0 spiro atoms. The van der Waals surface area contributed by atoms with Gasteiger partial charge in [-0.25, -0.2) is 0 Å². The van der Waals surface area contributed by atoms with Crippen molar-refractivity contribution in [3.05, 3.63) is 34.3 Å². The van der Waals surface area contributed by atoms with Gasteiger partial charge >= 0.3 is 0 Å².